The molecule has 0 aromatic heterocycles. The molecule has 0 unspecified atom stereocenters. The zero-order valence-corrected chi connectivity index (χ0v) is 17.8. The molecular weight excluding hydrogens is 428 g/mol. The molecule has 3 N–H and O–H groups in total. The number of methoxy groups -OCH3 is 1. The van der Waals surface area contributed by atoms with Gasteiger partial charge in [0.1, 0.15) is 11.5 Å². The topological polar surface area (TPSA) is 87.7 Å². The van der Waals surface area contributed by atoms with Crippen LogP contribution in [0.25, 0.3) is 10.8 Å². The molecule has 0 bridgehead atoms. The summed E-state index contributed by atoms with van der Waals surface area (Å²) < 4.78 is 5.38. The first-order valence-electron chi connectivity index (χ1n) is 9.73. The Bertz CT molecular complexity index is 1320. The van der Waals surface area contributed by atoms with Crippen molar-refractivity contribution < 1.29 is 19.4 Å². The van der Waals surface area contributed by atoms with E-state index in [9.17, 15) is 14.7 Å². The molecule has 0 fully saturated rings. The molecule has 6 nitrogen and oxygen atoms in total. The Hall–Kier alpha value is -4.03. The molecule has 4 rings (SSSR count). The Morgan fingerprint density at radius 3 is 2.12 bits per heavy atom. The van der Waals surface area contributed by atoms with Crippen LogP contribution in [0.5, 0.6) is 11.5 Å². The average molecular weight is 447 g/mol. The first kappa shape index (κ1) is 21.2. The van der Waals surface area contributed by atoms with Crippen molar-refractivity contribution in [3.05, 3.63) is 95.0 Å². The number of halogens is 1. The number of aromatic hydroxyl groups is 1. The SMILES string of the molecule is COc1cc(NC(=O)c2ccccc2)c(Cl)cc1NC(=O)c1cc2ccccc2cc1O. The second-order valence-electron chi connectivity index (χ2n) is 7.02. The number of rotatable bonds is 5. The summed E-state index contributed by atoms with van der Waals surface area (Å²) in [4.78, 5) is 25.3. The molecule has 32 heavy (non-hydrogen) atoms. The van der Waals surface area contributed by atoms with Crippen molar-refractivity contribution in [3.63, 3.8) is 0 Å². The second-order valence-corrected chi connectivity index (χ2v) is 7.43. The highest BCUT2D eigenvalue weighted by atomic mass is 35.5. The molecule has 7 heteroatoms. The lowest BCUT2D eigenvalue weighted by Gasteiger charge is -2.15. The maximum Gasteiger partial charge on any atom is 0.259 e. The summed E-state index contributed by atoms with van der Waals surface area (Å²) in [6.07, 6.45) is 0. The average Bonchev–Trinajstić information content (AvgIpc) is 2.80. The number of ether oxygens (including phenoxy) is 1. The van der Waals surface area contributed by atoms with Gasteiger partial charge in [-0.25, -0.2) is 0 Å². The summed E-state index contributed by atoms with van der Waals surface area (Å²) in [5, 5.41) is 17.6. The quantitative estimate of drug-likeness (QED) is 0.366. The molecule has 4 aromatic rings. The van der Waals surface area contributed by atoms with E-state index in [4.69, 9.17) is 16.3 Å². The monoisotopic (exact) mass is 446 g/mol. The van der Waals surface area contributed by atoms with E-state index in [0.717, 1.165) is 10.8 Å². The fourth-order valence-corrected chi connectivity index (χ4v) is 3.51. The third-order valence-electron chi connectivity index (χ3n) is 4.93. The van der Waals surface area contributed by atoms with Crippen LogP contribution in [0, 0.1) is 0 Å². The lowest BCUT2D eigenvalue weighted by molar-refractivity contribution is 0.101. The van der Waals surface area contributed by atoms with E-state index in [0.29, 0.717) is 22.7 Å². The van der Waals surface area contributed by atoms with Crippen molar-refractivity contribution in [3.8, 4) is 11.5 Å². The number of benzene rings is 4. The van der Waals surface area contributed by atoms with Crippen LogP contribution in [-0.2, 0) is 0 Å². The summed E-state index contributed by atoms with van der Waals surface area (Å²) in [7, 11) is 1.44. The van der Waals surface area contributed by atoms with Crippen LogP contribution in [0.1, 0.15) is 20.7 Å². The van der Waals surface area contributed by atoms with Gasteiger partial charge in [0.15, 0.2) is 0 Å². The van der Waals surface area contributed by atoms with Crippen molar-refractivity contribution in [2.24, 2.45) is 0 Å². The van der Waals surface area contributed by atoms with Crippen molar-refractivity contribution in [2.75, 3.05) is 17.7 Å². The Kier molecular flexibility index (Phi) is 5.96. The minimum Gasteiger partial charge on any atom is -0.507 e. The van der Waals surface area contributed by atoms with Crippen LogP contribution in [0.4, 0.5) is 11.4 Å². The van der Waals surface area contributed by atoms with Gasteiger partial charge >= 0.3 is 0 Å². The first-order valence-corrected chi connectivity index (χ1v) is 10.1. The molecule has 0 spiro atoms. The lowest BCUT2D eigenvalue weighted by Crippen LogP contribution is -2.14. The first-order chi connectivity index (χ1) is 15.5. The van der Waals surface area contributed by atoms with E-state index in [2.05, 4.69) is 10.6 Å². The highest BCUT2D eigenvalue weighted by molar-refractivity contribution is 6.34. The van der Waals surface area contributed by atoms with Crippen LogP contribution in [0.15, 0.2) is 78.9 Å². The lowest BCUT2D eigenvalue weighted by atomic mass is 10.1. The van der Waals surface area contributed by atoms with E-state index in [1.807, 2.05) is 30.3 Å². The smallest absolute Gasteiger partial charge is 0.259 e. The van der Waals surface area contributed by atoms with Gasteiger partial charge < -0.3 is 20.5 Å². The molecule has 0 radical (unpaired) electrons. The van der Waals surface area contributed by atoms with Gasteiger partial charge in [-0.15, -0.1) is 0 Å². The van der Waals surface area contributed by atoms with Crippen molar-refractivity contribution in [1.82, 2.24) is 0 Å². The van der Waals surface area contributed by atoms with Gasteiger partial charge in [-0.3, -0.25) is 9.59 Å². The number of nitrogens with one attached hydrogen (secondary N) is 2. The predicted molar refractivity (Wildman–Crippen MR) is 126 cm³/mol. The van der Waals surface area contributed by atoms with Gasteiger partial charge in [0, 0.05) is 11.6 Å². The highest BCUT2D eigenvalue weighted by Crippen LogP contribution is 2.36. The molecule has 2 amide bonds. The molecule has 0 saturated heterocycles. The predicted octanol–water partition coefficient (Wildman–Crippen LogP) is 5.71. The molecule has 0 aliphatic heterocycles. The number of anilines is 2. The van der Waals surface area contributed by atoms with Gasteiger partial charge in [0.05, 0.1) is 29.1 Å². The van der Waals surface area contributed by atoms with Crippen LogP contribution >= 0.6 is 11.6 Å². The number of carbonyl (C=O) groups excluding carboxylic acids is 2. The third-order valence-corrected chi connectivity index (χ3v) is 5.24. The standard InChI is InChI=1S/C25H19ClN2O4/c1-32-23-14-20(27-24(30)15-7-3-2-4-8-15)19(26)13-21(23)28-25(31)18-11-16-9-5-6-10-17(16)12-22(18)29/h2-14,29H,1H3,(H,27,30)(H,28,31). The molecule has 0 aliphatic rings. The van der Waals surface area contributed by atoms with Crippen molar-refractivity contribution in [2.45, 2.75) is 0 Å². The number of amides is 2. The highest BCUT2D eigenvalue weighted by Gasteiger charge is 2.18. The number of phenolic OH excluding ortho intramolecular Hbond substituents is 1. The number of carbonyl (C=O) groups is 2. The number of phenols is 1. The Morgan fingerprint density at radius 2 is 1.44 bits per heavy atom. The van der Waals surface area contributed by atoms with E-state index in [1.54, 1.807) is 30.3 Å². The zero-order valence-electron chi connectivity index (χ0n) is 17.1. The second kappa shape index (κ2) is 8.99. The van der Waals surface area contributed by atoms with Crippen molar-refractivity contribution in [1.29, 1.82) is 0 Å². The Labute approximate surface area is 189 Å². The van der Waals surface area contributed by atoms with Crippen LogP contribution in [-0.4, -0.2) is 24.0 Å². The van der Waals surface area contributed by atoms with Crippen LogP contribution < -0.4 is 15.4 Å². The van der Waals surface area contributed by atoms with Crippen LogP contribution in [0.2, 0.25) is 5.02 Å². The number of fused-ring (bicyclic) bond motifs is 1. The van der Waals surface area contributed by atoms with Gasteiger partial charge in [-0.1, -0.05) is 54.1 Å². The Balaban J connectivity index is 1.60. The van der Waals surface area contributed by atoms with E-state index < -0.39 is 5.91 Å². The molecule has 0 heterocycles. The fourth-order valence-electron chi connectivity index (χ4n) is 3.30. The maximum absolute atomic E-state index is 12.9. The number of hydrogen-bond donors (Lipinski definition) is 3. The van der Waals surface area contributed by atoms with Gasteiger partial charge in [0.25, 0.3) is 11.8 Å². The van der Waals surface area contributed by atoms with Crippen molar-refractivity contribution >= 4 is 45.6 Å². The van der Waals surface area contributed by atoms with Gasteiger partial charge in [-0.05, 0) is 41.1 Å². The molecule has 4 aromatic carbocycles. The molecule has 0 atom stereocenters. The molecular formula is C25H19ClN2O4. The zero-order chi connectivity index (χ0) is 22.7. The molecule has 0 aliphatic carbocycles. The minimum atomic E-state index is -0.524. The summed E-state index contributed by atoms with van der Waals surface area (Å²) in [6.45, 7) is 0. The minimum absolute atomic E-state index is 0.114. The maximum atomic E-state index is 12.9. The third kappa shape index (κ3) is 4.36. The van der Waals surface area contributed by atoms with E-state index in [-0.39, 0.29) is 22.2 Å². The summed E-state index contributed by atoms with van der Waals surface area (Å²) in [5.74, 6) is -0.694. The summed E-state index contributed by atoms with van der Waals surface area (Å²) in [6, 6.07) is 22.3. The van der Waals surface area contributed by atoms with E-state index in [1.165, 1.54) is 25.3 Å². The summed E-state index contributed by atoms with van der Waals surface area (Å²) in [5.41, 5.74) is 1.23. The Morgan fingerprint density at radius 1 is 0.812 bits per heavy atom. The van der Waals surface area contributed by atoms with Gasteiger partial charge in [0.2, 0.25) is 0 Å². The van der Waals surface area contributed by atoms with E-state index >= 15 is 0 Å². The summed E-state index contributed by atoms with van der Waals surface area (Å²) >= 11 is 6.36. The molecule has 160 valence electrons. The molecule has 0 saturated carbocycles. The fraction of sp³-hybridized carbons (Fsp3) is 0.0400. The van der Waals surface area contributed by atoms with Crippen LogP contribution in [0.3, 0.4) is 0 Å². The normalized spacial score (nSPS) is 10.6. The van der Waals surface area contributed by atoms with Gasteiger partial charge in [-0.2, -0.15) is 0 Å². The largest absolute Gasteiger partial charge is 0.507 e. The number of hydrogen-bond acceptors (Lipinski definition) is 4.